The SMILES string of the molecule is CC1(C)OB(c2ccc(COc3ccc(-n4c5nc(=O)[nH]c(=O)c-5cc5ccc(C#N)cc54)cc3)cc2)OC1(C)C. The summed E-state index contributed by atoms with van der Waals surface area (Å²) in [6.45, 7) is 8.48. The van der Waals surface area contributed by atoms with Crippen LogP contribution in [0.3, 0.4) is 0 Å². The number of nitrogens with zero attached hydrogens (tertiary/aromatic N) is 3. The number of aromatic amines is 1. The normalized spacial score (nSPS) is 15.7. The van der Waals surface area contributed by atoms with Crippen LogP contribution in [0.5, 0.6) is 5.75 Å². The molecular formula is C31H27BN4O5. The molecule has 1 N–H and O–H groups in total. The second-order valence-electron chi connectivity index (χ2n) is 11.1. The molecule has 0 aliphatic carbocycles. The van der Waals surface area contributed by atoms with Gasteiger partial charge in [0.15, 0.2) is 5.82 Å². The quantitative estimate of drug-likeness (QED) is 0.262. The van der Waals surface area contributed by atoms with E-state index in [4.69, 9.17) is 14.0 Å². The number of pyridine rings is 1. The van der Waals surface area contributed by atoms with E-state index in [-0.39, 0.29) is 11.4 Å². The molecule has 0 aromatic heterocycles. The first kappa shape index (κ1) is 26.5. The predicted molar refractivity (Wildman–Crippen MR) is 156 cm³/mol. The zero-order valence-electron chi connectivity index (χ0n) is 23.1. The van der Waals surface area contributed by atoms with E-state index in [9.17, 15) is 14.9 Å². The van der Waals surface area contributed by atoms with Crippen molar-refractivity contribution < 1.29 is 14.0 Å². The number of H-pyrrole nitrogens is 1. The second kappa shape index (κ2) is 9.73. The van der Waals surface area contributed by atoms with Crippen LogP contribution in [0.1, 0.15) is 38.8 Å². The van der Waals surface area contributed by atoms with Gasteiger partial charge in [-0.05, 0) is 86.6 Å². The highest BCUT2D eigenvalue weighted by Crippen LogP contribution is 2.36. The molecule has 3 heterocycles. The van der Waals surface area contributed by atoms with E-state index in [0.717, 1.165) is 16.4 Å². The van der Waals surface area contributed by atoms with Crippen LogP contribution in [0, 0.1) is 11.3 Å². The Morgan fingerprint density at radius 1 is 0.951 bits per heavy atom. The fourth-order valence-electron chi connectivity index (χ4n) is 4.82. The van der Waals surface area contributed by atoms with E-state index >= 15 is 0 Å². The molecule has 0 spiro atoms. The first-order chi connectivity index (χ1) is 19.5. The van der Waals surface area contributed by atoms with E-state index in [1.54, 1.807) is 28.8 Å². The first-order valence-electron chi connectivity index (χ1n) is 13.2. The van der Waals surface area contributed by atoms with Crippen LogP contribution in [0.25, 0.3) is 28.0 Å². The highest BCUT2D eigenvalue weighted by Gasteiger charge is 2.51. The summed E-state index contributed by atoms with van der Waals surface area (Å²) in [5.41, 5.74) is 1.89. The van der Waals surface area contributed by atoms with E-state index < -0.39 is 29.6 Å². The largest absolute Gasteiger partial charge is 0.494 e. The highest BCUT2D eigenvalue weighted by molar-refractivity contribution is 6.62. The van der Waals surface area contributed by atoms with Crippen LogP contribution in [0.15, 0.2) is 82.4 Å². The van der Waals surface area contributed by atoms with E-state index in [0.29, 0.717) is 29.1 Å². The zero-order valence-corrected chi connectivity index (χ0v) is 23.1. The third-order valence-electron chi connectivity index (χ3n) is 7.83. The molecule has 0 amide bonds. The molecule has 204 valence electrons. The van der Waals surface area contributed by atoms with Gasteiger partial charge < -0.3 is 14.0 Å². The minimum absolute atomic E-state index is 0.206. The van der Waals surface area contributed by atoms with Gasteiger partial charge in [0.05, 0.1) is 33.9 Å². The van der Waals surface area contributed by atoms with Crippen LogP contribution in [0.4, 0.5) is 0 Å². The van der Waals surface area contributed by atoms with Gasteiger partial charge in [-0.2, -0.15) is 10.2 Å². The van der Waals surface area contributed by atoms with Crippen LogP contribution < -0.4 is 21.4 Å². The number of benzene rings is 3. The number of nitriles is 1. The van der Waals surface area contributed by atoms with E-state index in [1.807, 2.05) is 76.2 Å². The summed E-state index contributed by atoms with van der Waals surface area (Å²) in [5, 5.41) is 10.2. The summed E-state index contributed by atoms with van der Waals surface area (Å²) in [6, 6.07) is 24.2. The first-order valence-corrected chi connectivity index (χ1v) is 13.2. The average molecular weight is 546 g/mol. The molecule has 0 bridgehead atoms. The lowest BCUT2D eigenvalue weighted by molar-refractivity contribution is 0.00578. The van der Waals surface area contributed by atoms with Crippen molar-refractivity contribution >= 4 is 23.5 Å². The van der Waals surface area contributed by atoms with Gasteiger partial charge >= 0.3 is 12.8 Å². The van der Waals surface area contributed by atoms with Gasteiger partial charge in [0.25, 0.3) is 5.56 Å². The van der Waals surface area contributed by atoms with E-state index in [2.05, 4.69) is 16.0 Å². The number of hydrogen-bond donors (Lipinski definition) is 1. The molecular weight excluding hydrogens is 519 g/mol. The maximum Gasteiger partial charge on any atom is 0.494 e. The molecule has 0 unspecified atom stereocenters. The predicted octanol–water partition coefficient (Wildman–Crippen LogP) is 3.93. The van der Waals surface area contributed by atoms with Gasteiger partial charge in [-0.3, -0.25) is 14.3 Å². The lowest BCUT2D eigenvalue weighted by Crippen LogP contribution is -2.41. The minimum atomic E-state index is -0.739. The summed E-state index contributed by atoms with van der Waals surface area (Å²) >= 11 is 0. The van der Waals surface area contributed by atoms with Crippen LogP contribution >= 0.6 is 0 Å². The lowest BCUT2D eigenvalue weighted by Gasteiger charge is -2.32. The standard InChI is InChI=1S/C31H27BN4O5/c1-30(2)31(3,4)41-32(40-30)22-9-6-19(7-10-22)18-39-24-13-11-23(12-14-24)36-26-15-20(17-33)5-8-21(26)16-25-27(36)34-29(38)35-28(25)37/h5-16H,18H2,1-4H3,(H,35,37,38). The molecule has 0 saturated carbocycles. The Kier molecular flexibility index (Phi) is 6.29. The second-order valence-corrected chi connectivity index (χ2v) is 11.1. The fourth-order valence-corrected chi connectivity index (χ4v) is 4.82. The van der Waals surface area contributed by atoms with Gasteiger partial charge in [0.1, 0.15) is 12.4 Å². The maximum absolute atomic E-state index is 12.6. The number of aromatic nitrogens is 3. The van der Waals surface area contributed by atoms with Gasteiger partial charge in [-0.25, -0.2) is 4.79 Å². The molecule has 0 atom stereocenters. The molecule has 9 nitrogen and oxygen atoms in total. The monoisotopic (exact) mass is 546 g/mol. The highest BCUT2D eigenvalue weighted by atomic mass is 16.7. The van der Waals surface area contributed by atoms with Crippen molar-refractivity contribution in [2.24, 2.45) is 0 Å². The summed E-state index contributed by atoms with van der Waals surface area (Å²) < 4.78 is 20.0. The molecule has 6 rings (SSSR count). The Morgan fingerprint density at radius 3 is 2.29 bits per heavy atom. The average Bonchev–Trinajstić information content (AvgIpc) is 3.17. The van der Waals surface area contributed by atoms with Crippen molar-refractivity contribution in [1.29, 1.82) is 5.26 Å². The Labute approximate surface area is 236 Å². The molecule has 0 radical (unpaired) electrons. The number of ether oxygens (including phenoxy) is 1. The number of hydrogen-bond acceptors (Lipinski definition) is 7. The van der Waals surface area contributed by atoms with Gasteiger partial charge in [-0.15, -0.1) is 0 Å². The number of rotatable bonds is 5. The Hall–Kier alpha value is -4.72. The Bertz CT molecular complexity index is 1890. The molecule has 10 heteroatoms. The third-order valence-corrected chi connectivity index (χ3v) is 7.83. The minimum Gasteiger partial charge on any atom is -0.489 e. The molecule has 3 aliphatic heterocycles. The molecule has 3 aromatic rings. The summed E-state index contributed by atoms with van der Waals surface area (Å²) in [4.78, 5) is 31.0. The number of nitrogens with one attached hydrogen (secondary N) is 1. The number of fused-ring (bicyclic) bond motifs is 2. The van der Waals surface area contributed by atoms with Crippen LogP contribution in [-0.4, -0.2) is 32.9 Å². The summed E-state index contributed by atoms with van der Waals surface area (Å²) in [5.74, 6) is 0.846. The van der Waals surface area contributed by atoms with E-state index in [1.165, 1.54) is 0 Å². The Morgan fingerprint density at radius 2 is 1.63 bits per heavy atom. The van der Waals surface area contributed by atoms with Gasteiger partial charge in [-0.1, -0.05) is 30.3 Å². The van der Waals surface area contributed by atoms with Gasteiger partial charge in [0, 0.05) is 5.69 Å². The maximum atomic E-state index is 12.6. The molecule has 41 heavy (non-hydrogen) atoms. The molecule has 3 aliphatic rings. The molecule has 3 aromatic carbocycles. The Balaban J connectivity index is 1.25. The summed E-state index contributed by atoms with van der Waals surface area (Å²) in [7, 11) is -0.419. The van der Waals surface area contributed by atoms with Crippen molar-refractivity contribution in [1.82, 2.24) is 14.5 Å². The van der Waals surface area contributed by atoms with Crippen molar-refractivity contribution in [2.75, 3.05) is 0 Å². The molecule has 1 saturated heterocycles. The van der Waals surface area contributed by atoms with Crippen molar-refractivity contribution in [3.63, 3.8) is 0 Å². The lowest BCUT2D eigenvalue weighted by atomic mass is 9.79. The smallest absolute Gasteiger partial charge is 0.489 e. The summed E-state index contributed by atoms with van der Waals surface area (Å²) in [6.07, 6.45) is 0. The zero-order chi connectivity index (χ0) is 28.9. The van der Waals surface area contributed by atoms with Crippen LogP contribution in [-0.2, 0) is 15.9 Å². The fraction of sp³-hybridized carbons (Fsp3) is 0.226. The third kappa shape index (κ3) is 4.80. The van der Waals surface area contributed by atoms with Crippen molar-refractivity contribution in [2.45, 2.75) is 45.5 Å². The van der Waals surface area contributed by atoms with Crippen molar-refractivity contribution in [3.05, 3.63) is 105 Å². The van der Waals surface area contributed by atoms with Gasteiger partial charge in [0.2, 0.25) is 0 Å². The molecule has 1 fully saturated rings. The van der Waals surface area contributed by atoms with Crippen molar-refractivity contribution in [3.8, 4) is 28.9 Å². The van der Waals surface area contributed by atoms with Crippen LogP contribution in [0.2, 0.25) is 0 Å². The topological polar surface area (TPSA) is 119 Å².